The molecule has 1 N–H and O–H groups in total. The number of hydrogen-bond acceptors (Lipinski definition) is 4. The standard InChI is InChI=1S/C21H15ClN4O2/c22-17-10-8-15(9-11-17)21(27)24-23-13-16-14-26(18-5-2-1-3-6-18)25-20(16)19-7-4-12-28-19/h1-14H,(H,24,27)/b23-13-. The predicted octanol–water partition coefficient (Wildman–Crippen LogP) is 4.55. The third-order valence-corrected chi connectivity index (χ3v) is 4.25. The highest BCUT2D eigenvalue weighted by molar-refractivity contribution is 6.30. The van der Waals surface area contributed by atoms with Gasteiger partial charge in [0, 0.05) is 22.3 Å². The zero-order chi connectivity index (χ0) is 19.3. The summed E-state index contributed by atoms with van der Waals surface area (Å²) in [6.45, 7) is 0. The van der Waals surface area contributed by atoms with E-state index in [2.05, 4.69) is 15.6 Å². The lowest BCUT2D eigenvalue weighted by Gasteiger charge is -1.99. The molecule has 28 heavy (non-hydrogen) atoms. The monoisotopic (exact) mass is 390 g/mol. The summed E-state index contributed by atoms with van der Waals surface area (Å²) in [5.41, 5.74) is 5.20. The second kappa shape index (κ2) is 7.94. The third kappa shape index (κ3) is 3.87. The Morgan fingerprint density at radius 3 is 2.57 bits per heavy atom. The van der Waals surface area contributed by atoms with Crippen molar-refractivity contribution in [2.24, 2.45) is 5.10 Å². The molecular formula is C21H15ClN4O2. The number of nitrogens with one attached hydrogen (secondary N) is 1. The molecule has 0 unspecified atom stereocenters. The van der Waals surface area contributed by atoms with Crippen molar-refractivity contribution in [2.45, 2.75) is 0 Å². The van der Waals surface area contributed by atoms with Crippen LogP contribution in [0, 0.1) is 0 Å². The van der Waals surface area contributed by atoms with E-state index in [0.29, 0.717) is 27.6 Å². The van der Waals surface area contributed by atoms with Gasteiger partial charge >= 0.3 is 0 Å². The number of carbonyl (C=O) groups is 1. The van der Waals surface area contributed by atoms with Crippen LogP contribution in [0.4, 0.5) is 0 Å². The molecule has 0 bridgehead atoms. The van der Waals surface area contributed by atoms with Crippen LogP contribution in [0.2, 0.25) is 5.02 Å². The molecular weight excluding hydrogens is 376 g/mol. The second-order valence-electron chi connectivity index (χ2n) is 5.90. The van der Waals surface area contributed by atoms with Crippen LogP contribution < -0.4 is 5.43 Å². The van der Waals surface area contributed by atoms with Crippen molar-refractivity contribution >= 4 is 23.7 Å². The Balaban J connectivity index is 1.59. The number of hydrazone groups is 1. The maximum Gasteiger partial charge on any atom is 0.271 e. The molecule has 2 aromatic carbocycles. The molecule has 0 saturated carbocycles. The van der Waals surface area contributed by atoms with E-state index >= 15 is 0 Å². The number of hydrogen-bond donors (Lipinski definition) is 1. The maximum atomic E-state index is 12.2. The summed E-state index contributed by atoms with van der Waals surface area (Å²) >= 11 is 5.84. The summed E-state index contributed by atoms with van der Waals surface area (Å²) in [5, 5.41) is 9.22. The number of benzene rings is 2. The van der Waals surface area contributed by atoms with E-state index in [4.69, 9.17) is 16.0 Å². The van der Waals surface area contributed by atoms with Crippen molar-refractivity contribution in [3.8, 4) is 17.1 Å². The molecule has 0 aliphatic carbocycles. The van der Waals surface area contributed by atoms with E-state index in [9.17, 15) is 4.79 Å². The van der Waals surface area contributed by atoms with Crippen LogP contribution in [-0.4, -0.2) is 21.9 Å². The topological polar surface area (TPSA) is 72.4 Å². The first-order valence-electron chi connectivity index (χ1n) is 8.48. The molecule has 0 saturated heterocycles. The van der Waals surface area contributed by atoms with Gasteiger partial charge in [0.25, 0.3) is 5.91 Å². The summed E-state index contributed by atoms with van der Waals surface area (Å²) < 4.78 is 7.22. The lowest BCUT2D eigenvalue weighted by atomic mass is 10.2. The highest BCUT2D eigenvalue weighted by atomic mass is 35.5. The van der Waals surface area contributed by atoms with Gasteiger partial charge in [0.2, 0.25) is 0 Å². The quantitative estimate of drug-likeness (QED) is 0.401. The summed E-state index contributed by atoms with van der Waals surface area (Å²) in [7, 11) is 0. The average Bonchev–Trinajstić information content (AvgIpc) is 3.39. The van der Waals surface area contributed by atoms with Crippen molar-refractivity contribution in [2.75, 3.05) is 0 Å². The fourth-order valence-corrected chi connectivity index (χ4v) is 2.75. The summed E-state index contributed by atoms with van der Waals surface area (Å²) in [6.07, 6.45) is 4.95. The summed E-state index contributed by atoms with van der Waals surface area (Å²) in [5.74, 6) is 0.281. The lowest BCUT2D eigenvalue weighted by Crippen LogP contribution is -2.17. The minimum absolute atomic E-state index is 0.331. The van der Waals surface area contributed by atoms with Gasteiger partial charge in [-0.3, -0.25) is 4.79 Å². The molecule has 0 aliphatic rings. The van der Waals surface area contributed by atoms with Crippen LogP contribution in [0.3, 0.4) is 0 Å². The van der Waals surface area contributed by atoms with Gasteiger partial charge in [-0.2, -0.15) is 10.2 Å². The third-order valence-electron chi connectivity index (χ3n) is 3.99. The highest BCUT2D eigenvalue weighted by Gasteiger charge is 2.13. The molecule has 0 fully saturated rings. The van der Waals surface area contributed by atoms with Crippen LogP contribution in [0.1, 0.15) is 15.9 Å². The second-order valence-corrected chi connectivity index (χ2v) is 6.33. The molecule has 0 radical (unpaired) electrons. The summed E-state index contributed by atoms with van der Waals surface area (Å²) in [6, 6.07) is 19.9. The predicted molar refractivity (Wildman–Crippen MR) is 108 cm³/mol. The average molecular weight is 391 g/mol. The van der Waals surface area contributed by atoms with Gasteiger partial charge in [-0.05, 0) is 48.5 Å². The molecule has 0 spiro atoms. The minimum Gasteiger partial charge on any atom is -0.463 e. The van der Waals surface area contributed by atoms with Crippen LogP contribution in [0.5, 0.6) is 0 Å². The number of nitrogens with zero attached hydrogens (tertiary/aromatic N) is 3. The Labute approximate surface area is 166 Å². The first-order chi connectivity index (χ1) is 13.7. The van der Waals surface area contributed by atoms with E-state index in [1.54, 1.807) is 41.3 Å². The van der Waals surface area contributed by atoms with Gasteiger partial charge in [0.05, 0.1) is 18.2 Å². The Hall–Kier alpha value is -3.64. The number of halogens is 1. The van der Waals surface area contributed by atoms with Crippen LogP contribution in [0.15, 0.2) is 88.7 Å². The molecule has 0 aliphatic heterocycles. The Morgan fingerprint density at radius 1 is 1.07 bits per heavy atom. The molecule has 6 nitrogen and oxygen atoms in total. The van der Waals surface area contributed by atoms with Crippen molar-refractivity contribution in [1.82, 2.24) is 15.2 Å². The fraction of sp³-hybridized carbons (Fsp3) is 0. The van der Waals surface area contributed by atoms with Gasteiger partial charge in [-0.15, -0.1) is 0 Å². The molecule has 138 valence electrons. The molecule has 4 aromatic rings. The van der Waals surface area contributed by atoms with E-state index in [1.807, 2.05) is 42.6 Å². The number of furan rings is 1. The number of aromatic nitrogens is 2. The largest absolute Gasteiger partial charge is 0.463 e. The SMILES string of the molecule is O=C(N/N=C\c1cn(-c2ccccc2)nc1-c1ccco1)c1ccc(Cl)cc1. The number of amides is 1. The van der Waals surface area contributed by atoms with Gasteiger partial charge in [0.1, 0.15) is 5.69 Å². The molecule has 1 amide bonds. The molecule has 2 heterocycles. The van der Waals surface area contributed by atoms with Gasteiger partial charge in [-0.25, -0.2) is 10.1 Å². The fourth-order valence-electron chi connectivity index (χ4n) is 2.63. The van der Waals surface area contributed by atoms with Crippen molar-refractivity contribution in [3.63, 3.8) is 0 Å². The highest BCUT2D eigenvalue weighted by Crippen LogP contribution is 2.23. The van der Waals surface area contributed by atoms with E-state index in [0.717, 1.165) is 5.69 Å². The maximum absolute atomic E-state index is 12.2. The smallest absolute Gasteiger partial charge is 0.271 e. The van der Waals surface area contributed by atoms with Crippen molar-refractivity contribution in [1.29, 1.82) is 0 Å². The number of rotatable bonds is 5. The minimum atomic E-state index is -0.331. The molecule has 0 atom stereocenters. The van der Waals surface area contributed by atoms with Crippen LogP contribution in [-0.2, 0) is 0 Å². The van der Waals surface area contributed by atoms with Crippen molar-refractivity contribution < 1.29 is 9.21 Å². The van der Waals surface area contributed by atoms with Crippen molar-refractivity contribution in [3.05, 3.63) is 95.3 Å². The molecule has 2 aromatic heterocycles. The Bertz CT molecular complexity index is 1100. The van der Waals surface area contributed by atoms with Crippen LogP contribution in [0.25, 0.3) is 17.1 Å². The molecule has 4 rings (SSSR count). The zero-order valence-corrected chi connectivity index (χ0v) is 15.4. The first kappa shape index (κ1) is 17.8. The van der Waals surface area contributed by atoms with Gasteiger partial charge in [0.15, 0.2) is 5.76 Å². The van der Waals surface area contributed by atoms with E-state index in [-0.39, 0.29) is 5.91 Å². The van der Waals surface area contributed by atoms with E-state index < -0.39 is 0 Å². The van der Waals surface area contributed by atoms with Crippen LogP contribution >= 0.6 is 11.6 Å². The van der Waals surface area contributed by atoms with Gasteiger partial charge in [-0.1, -0.05) is 29.8 Å². The lowest BCUT2D eigenvalue weighted by molar-refractivity contribution is 0.0955. The Kier molecular flexibility index (Phi) is 5.03. The first-order valence-corrected chi connectivity index (χ1v) is 8.86. The Morgan fingerprint density at radius 2 is 1.86 bits per heavy atom. The summed E-state index contributed by atoms with van der Waals surface area (Å²) in [4.78, 5) is 12.2. The number of para-hydroxylation sites is 1. The number of carbonyl (C=O) groups excluding carboxylic acids is 1. The normalized spacial score (nSPS) is 11.0. The molecule has 7 heteroatoms. The van der Waals surface area contributed by atoms with Gasteiger partial charge < -0.3 is 4.42 Å². The van der Waals surface area contributed by atoms with E-state index in [1.165, 1.54) is 6.21 Å². The zero-order valence-electron chi connectivity index (χ0n) is 14.6.